The van der Waals surface area contributed by atoms with Crippen LogP contribution < -0.4 is 10.9 Å². The van der Waals surface area contributed by atoms with Gasteiger partial charge in [0.25, 0.3) is 5.56 Å². The molecule has 0 fully saturated rings. The topological polar surface area (TPSA) is 94.7 Å². The smallest absolute Gasteiger partial charge is 0.284 e. The highest BCUT2D eigenvalue weighted by Gasteiger charge is 2.15. The Hall–Kier alpha value is -3.52. The number of carbonyl (C=O) groups is 1. The molecule has 2 aromatic carbocycles. The minimum absolute atomic E-state index is 0.100. The summed E-state index contributed by atoms with van der Waals surface area (Å²) in [4.78, 5) is 29.2. The Balaban J connectivity index is 1.61. The molecule has 2 aromatic heterocycles. The molecule has 0 aliphatic rings. The van der Waals surface area contributed by atoms with Gasteiger partial charge >= 0.3 is 0 Å². The van der Waals surface area contributed by atoms with Crippen LogP contribution in [0, 0.1) is 6.92 Å². The minimum atomic E-state index is -0.435. The van der Waals surface area contributed by atoms with Crippen molar-refractivity contribution in [2.45, 2.75) is 13.5 Å². The average Bonchev–Trinajstić information content (AvgIpc) is 3.11. The van der Waals surface area contributed by atoms with E-state index in [1.165, 1.54) is 15.6 Å². The quantitative estimate of drug-likeness (QED) is 0.574. The third kappa shape index (κ3) is 3.49. The molecule has 1 N–H and O–H groups in total. The van der Waals surface area contributed by atoms with Crippen LogP contribution in [0.3, 0.4) is 0 Å². The third-order valence-corrected chi connectivity index (χ3v) is 4.37. The fourth-order valence-electron chi connectivity index (χ4n) is 2.78. The zero-order valence-electron chi connectivity index (χ0n) is 14.8. The fourth-order valence-corrected chi connectivity index (χ4v) is 2.90. The molecule has 0 saturated heterocycles. The first kappa shape index (κ1) is 17.9. The van der Waals surface area contributed by atoms with E-state index in [0.717, 1.165) is 11.3 Å². The molecular weight excluding hydrogens is 380 g/mol. The zero-order chi connectivity index (χ0) is 19.7. The van der Waals surface area contributed by atoms with Crippen LogP contribution in [0.15, 0.2) is 59.7 Å². The number of nitrogens with one attached hydrogen (secondary N) is 1. The van der Waals surface area contributed by atoms with Crippen molar-refractivity contribution in [3.8, 4) is 5.69 Å². The van der Waals surface area contributed by atoms with Gasteiger partial charge in [-0.1, -0.05) is 28.9 Å². The number of hydrogen-bond acceptors (Lipinski definition) is 5. The summed E-state index contributed by atoms with van der Waals surface area (Å²) in [5, 5.41) is 11.3. The minimum Gasteiger partial charge on any atom is -0.325 e. The van der Waals surface area contributed by atoms with Crippen LogP contribution in [0.1, 0.15) is 5.56 Å². The second kappa shape index (κ2) is 7.24. The van der Waals surface area contributed by atoms with E-state index in [0.29, 0.717) is 16.4 Å². The average molecular weight is 395 g/mol. The Kier molecular flexibility index (Phi) is 4.62. The number of nitrogens with zero attached hydrogens (tertiary/aromatic N) is 5. The lowest BCUT2D eigenvalue weighted by Gasteiger charge is -2.07. The van der Waals surface area contributed by atoms with E-state index in [4.69, 9.17) is 11.6 Å². The summed E-state index contributed by atoms with van der Waals surface area (Å²) in [6.07, 6.45) is 1.32. The summed E-state index contributed by atoms with van der Waals surface area (Å²) in [6.45, 7) is 1.77. The molecule has 4 rings (SSSR count). The van der Waals surface area contributed by atoms with Crippen LogP contribution >= 0.6 is 11.6 Å². The van der Waals surface area contributed by atoms with Crippen molar-refractivity contribution in [1.29, 1.82) is 0 Å². The molecule has 0 unspecified atom stereocenters. The number of amides is 1. The standard InChI is InChI=1S/C19H15ClN6O2/c1-12-3-2-4-15(9-12)26-18-17(23-24-26)19(28)25(11-21-18)10-16(27)22-14-7-5-13(20)6-8-14/h2-9,11H,10H2,1H3,(H,22,27). The summed E-state index contributed by atoms with van der Waals surface area (Å²) in [5.41, 5.74) is 2.39. The summed E-state index contributed by atoms with van der Waals surface area (Å²) >= 11 is 5.83. The maximum absolute atomic E-state index is 12.7. The molecule has 0 spiro atoms. The first-order chi connectivity index (χ1) is 13.5. The van der Waals surface area contributed by atoms with Gasteiger partial charge in [-0.2, -0.15) is 4.68 Å². The Morgan fingerprint density at radius 2 is 1.96 bits per heavy atom. The summed E-state index contributed by atoms with van der Waals surface area (Å²) < 4.78 is 2.70. The number of aromatic nitrogens is 5. The van der Waals surface area contributed by atoms with Crippen LogP contribution in [-0.2, 0) is 11.3 Å². The largest absolute Gasteiger partial charge is 0.325 e. The van der Waals surface area contributed by atoms with Gasteiger partial charge in [0.15, 0.2) is 11.2 Å². The highest BCUT2D eigenvalue weighted by Crippen LogP contribution is 2.14. The number of hydrogen-bond donors (Lipinski definition) is 1. The Bertz CT molecular complexity index is 1230. The predicted molar refractivity (Wildman–Crippen MR) is 106 cm³/mol. The Morgan fingerprint density at radius 1 is 1.18 bits per heavy atom. The highest BCUT2D eigenvalue weighted by molar-refractivity contribution is 6.30. The molecule has 0 aliphatic carbocycles. The van der Waals surface area contributed by atoms with E-state index < -0.39 is 5.56 Å². The maximum atomic E-state index is 12.7. The van der Waals surface area contributed by atoms with E-state index in [2.05, 4.69) is 20.6 Å². The van der Waals surface area contributed by atoms with Crippen molar-refractivity contribution < 1.29 is 4.79 Å². The van der Waals surface area contributed by atoms with Gasteiger partial charge in [0, 0.05) is 10.7 Å². The molecule has 0 aliphatic heterocycles. The van der Waals surface area contributed by atoms with Crippen LogP contribution in [-0.4, -0.2) is 30.5 Å². The molecule has 0 atom stereocenters. The lowest BCUT2D eigenvalue weighted by Crippen LogP contribution is -2.28. The van der Waals surface area contributed by atoms with E-state index in [9.17, 15) is 9.59 Å². The Morgan fingerprint density at radius 3 is 2.71 bits per heavy atom. The Labute approximate surface area is 164 Å². The van der Waals surface area contributed by atoms with Crippen LogP contribution in [0.2, 0.25) is 5.02 Å². The van der Waals surface area contributed by atoms with Crippen LogP contribution in [0.25, 0.3) is 16.9 Å². The first-order valence-electron chi connectivity index (χ1n) is 8.44. The van der Waals surface area contributed by atoms with E-state index in [1.54, 1.807) is 24.3 Å². The lowest BCUT2D eigenvalue weighted by molar-refractivity contribution is -0.116. The summed E-state index contributed by atoms with van der Waals surface area (Å²) in [6, 6.07) is 14.3. The van der Waals surface area contributed by atoms with E-state index >= 15 is 0 Å². The highest BCUT2D eigenvalue weighted by atomic mass is 35.5. The van der Waals surface area contributed by atoms with Gasteiger partial charge in [0.2, 0.25) is 5.91 Å². The van der Waals surface area contributed by atoms with Crippen molar-refractivity contribution in [2.24, 2.45) is 0 Å². The number of fused-ring (bicyclic) bond motifs is 1. The zero-order valence-corrected chi connectivity index (χ0v) is 15.6. The van der Waals surface area contributed by atoms with Crippen molar-refractivity contribution >= 4 is 34.4 Å². The van der Waals surface area contributed by atoms with Gasteiger partial charge in [-0.25, -0.2) is 4.98 Å². The molecule has 140 valence electrons. The van der Waals surface area contributed by atoms with Gasteiger partial charge in [-0.3, -0.25) is 14.2 Å². The van der Waals surface area contributed by atoms with Crippen molar-refractivity contribution in [1.82, 2.24) is 24.5 Å². The normalized spacial score (nSPS) is 10.9. The lowest BCUT2D eigenvalue weighted by atomic mass is 10.2. The van der Waals surface area contributed by atoms with Gasteiger partial charge in [0.05, 0.1) is 5.69 Å². The summed E-state index contributed by atoms with van der Waals surface area (Å²) in [7, 11) is 0. The third-order valence-electron chi connectivity index (χ3n) is 4.12. The van der Waals surface area contributed by atoms with Gasteiger partial charge in [-0.05, 0) is 48.9 Å². The molecule has 28 heavy (non-hydrogen) atoms. The first-order valence-corrected chi connectivity index (χ1v) is 8.82. The molecule has 0 bridgehead atoms. The van der Waals surface area contributed by atoms with Crippen LogP contribution in [0.4, 0.5) is 5.69 Å². The van der Waals surface area contributed by atoms with Crippen molar-refractivity contribution in [2.75, 3.05) is 5.32 Å². The predicted octanol–water partition coefficient (Wildman–Crippen LogP) is 2.58. The summed E-state index contributed by atoms with van der Waals surface area (Å²) in [5.74, 6) is -0.364. The molecule has 4 aromatic rings. The monoisotopic (exact) mass is 394 g/mol. The van der Waals surface area contributed by atoms with E-state index in [-0.39, 0.29) is 18.0 Å². The van der Waals surface area contributed by atoms with Gasteiger partial charge in [-0.15, -0.1) is 5.10 Å². The van der Waals surface area contributed by atoms with Crippen molar-refractivity contribution in [3.05, 3.63) is 75.8 Å². The number of aryl methyl sites for hydroxylation is 1. The SMILES string of the molecule is Cc1cccc(-n2nnc3c(=O)n(CC(=O)Nc4ccc(Cl)cc4)cnc32)c1. The number of benzene rings is 2. The molecule has 8 nitrogen and oxygen atoms in total. The second-order valence-corrected chi connectivity index (χ2v) is 6.68. The van der Waals surface area contributed by atoms with Gasteiger partial charge in [0.1, 0.15) is 12.9 Å². The fraction of sp³-hybridized carbons (Fsp3) is 0.105. The number of anilines is 1. The molecular formula is C19H15ClN6O2. The van der Waals surface area contributed by atoms with Crippen LogP contribution in [0.5, 0.6) is 0 Å². The maximum Gasteiger partial charge on any atom is 0.284 e. The molecule has 1 amide bonds. The molecule has 9 heteroatoms. The molecule has 0 radical (unpaired) electrons. The second-order valence-electron chi connectivity index (χ2n) is 6.25. The van der Waals surface area contributed by atoms with E-state index in [1.807, 2.05) is 31.2 Å². The number of carbonyl (C=O) groups excluding carboxylic acids is 1. The molecule has 0 saturated carbocycles. The van der Waals surface area contributed by atoms with Gasteiger partial charge < -0.3 is 5.32 Å². The van der Waals surface area contributed by atoms with Crippen molar-refractivity contribution in [3.63, 3.8) is 0 Å². The number of halogens is 1. The number of rotatable bonds is 4. The molecule has 2 heterocycles.